The minimum Gasteiger partial charge on any atom is -0.382 e. The predicted molar refractivity (Wildman–Crippen MR) is 74.6 cm³/mol. The van der Waals surface area contributed by atoms with Crippen LogP contribution in [0.4, 0.5) is 5.69 Å². The number of hydrogen-bond acceptors (Lipinski definition) is 3. The summed E-state index contributed by atoms with van der Waals surface area (Å²) in [6.45, 7) is 4.13. The van der Waals surface area contributed by atoms with Gasteiger partial charge >= 0.3 is 0 Å². The zero-order chi connectivity index (χ0) is 13.2. The maximum atomic E-state index is 11.9. The Hall–Kier alpha value is -1.03. The Morgan fingerprint density at radius 2 is 1.83 bits per heavy atom. The number of nitrogens with one attached hydrogen (secondary N) is 1. The smallest absolute Gasteiger partial charge is 0.178 e. The fraction of sp³-hybridized carbons (Fsp3) is 0.571. The van der Waals surface area contributed by atoms with Crippen LogP contribution in [0, 0.1) is 5.92 Å². The van der Waals surface area contributed by atoms with Crippen molar-refractivity contribution in [3.63, 3.8) is 0 Å². The molecule has 0 aromatic heterocycles. The van der Waals surface area contributed by atoms with E-state index in [1.54, 1.807) is 12.1 Å². The van der Waals surface area contributed by atoms with Gasteiger partial charge in [-0.25, -0.2) is 8.42 Å². The zero-order valence-electron chi connectivity index (χ0n) is 11.0. The molecule has 0 radical (unpaired) electrons. The van der Waals surface area contributed by atoms with Crippen LogP contribution in [0.15, 0.2) is 29.2 Å². The van der Waals surface area contributed by atoms with E-state index < -0.39 is 9.84 Å². The summed E-state index contributed by atoms with van der Waals surface area (Å²) in [6.07, 6.45) is 3.06. The lowest BCUT2D eigenvalue weighted by molar-refractivity contribution is 0.309. The molecule has 0 amide bonds. The van der Waals surface area contributed by atoms with Crippen molar-refractivity contribution in [1.29, 1.82) is 0 Å². The topological polar surface area (TPSA) is 46.2 Å². The monoisotopic (exact) mass is 267 g/mol. The van der Waals surface area contributed by atoms with Crippen molar-refractivity contribution in [3.8, 4) is 0 Å². The van der Waals surface area contributed by atoms with Gasteiger partial charge in [0.1, 0.15) is 0 Å². The van der Waals surface area contributed by atoms with Crippen LogP contribution in [-0.2, 0) is 9.84 Å². The van der Waals surface area contributed by atoms with E-state index in [1.165, 1.54) is 12.8 Å². The molecule has 0 spiro atoms. The fourth-order valence-electron chi connectivity index (χ4n) is 2.40. The van der Waals surface area contributed by atoms with Gasteiger partial charge in [0.05, 0.1) is 10.6 Å². The minimum atomic E-state index is -3.08. The van der Waals surface area contributed by atoms with Gasteiger partial charge in [0.15, 0.2) is 9.84 Å². The van der Waals surface area contributed by atoms with Crippen molar-refractivity contribution in [1.82, 2.24) is 0 Å². The van der Waals surface area contributed by atoms with Crippen molar-refractivity contribution in [2.45, 2.75) is 44.0 Å². The molecule has 4 heteroatoms. The van der Waals surface area contributed by atoms with E-state index in [1.807, 2.05) is 19.1 Å². The van der Waals surface area contributed by atoms with Gasteiger partial charge in [0, 0.05) is 11.7 Å². The van der Waals surface area contributed by atoms with Crippen molar-refractivity contribution in [3.05, 3.63) is 24.3 Å². The van der Waals surface area contributed by atoms with E-state index >= 15 is 0 Å². The molecule has 0 heterocycles. The largest absolute Gasteiger partial charge is 0.382 e. The van der Waals surface area contributed by atoms with Gasteiger partial charge in [-0.2, -0.15) is 0 Å². The van der Waals surface area contributed by atoms with Crippen LogP contribution in [0.1, 0.15) is 33.1 Å². The second kappa shape index (κ2) is 5.31. The van der Waals surface area contributed by atoms with E-state index in [0.717, 1.165) is 11.6 Å². The van der Waals surface area contributed by atoms with E-state index in [2.05, 4.69) is 12.2 Å². The van der Waals surface area contributed by atoms with E-state index in [4.69, 9.17) is 0 Å². The average molecular weight is 267 g/mol. The molecular weight excluding hydrogens is 246 g/mol. The fourth-order valence-corrected chi connectivity index (χ4v) is 3.72. The summed E-state index contributed by atoms with van der Waals surface area (Å²) in [4.78, 5) is 0.428. The van der Waals surface area contributed by atoms with Crippen LogP contribution in [0.25, 0.3) is 0 Å². The molecule has 1 aromatic rings. The van der Waals surface area contributed by atoms with E-state index in [9.17, 15) is 8.42 Å². The standard InChI is InChI=1S/C14H21NO2S/c1-3-8-18(16,17)14-6-4-12(5-7-14)15-13-9-11(2)10-13/h4-7,11,13,15H,3,8-10H2,1-2H3. The lowest BCUT2D eigenvalue weighted by Crippen LogP contribution is -2.33. The summed E-state index contributed by atoms with van der Waals surface area (Å²) >= 11 is 0. The van der Waals surface area contributed by atoms with Gasteiger partial charge in [0.25, 0.3) is 0 Å². The first-order valence-electron chi connectivity index (χ1n) is 6.60. The number of benzene rings is 1. The van der Waals surface area contributed by atoms with Crippen LogP contribution in [0.3, 0.4) is 0 Å². The van der Waals surface area contributed by atoms with Crippen LogP contribution in [0.2, 0.25) is 0 Å². The molecule has 0 atom stereocenters. The van der Waals surface area contributed by atoms with Gasteiger partial charge in [-0.1, -0.05) is 13.8 Å². The average Bonchev–Trinajstić information content (AvgIpc) is 2.28. The lowest BCUT2D eigenvalue weighted by Gasteiger charge is -2.34. The highest BCUT2D eigenvalue weighted by Gasteiger charge is 2.24. The van der Waals surface area contributed by atoms with Crippen molar-refractivity contribution in [2.24, 2.45) is 5.92 Å². The summed E-state index contributed by atoms with van der Waals surface area (Å²) in [5, 5.41) is 3.42. The minimum absolute atomic E-state index is 0.222. The van der Waals surface area contributed by atoms with Crippen molar-refractivity contribution in [2.75, 3.05) is 11.1 Å². The van der Waals surface area contributed by atoms with Crippen LogP contribution in [-0.4, -0.2) is 20.2 Å². The highest BCUT2D eigenvalue weighted by molar-refractivity contribution is 7.91. The SMILES string of the molecule is CCCS(=O)(=O)c1ccc(NC2CC(C)C2)cc1. The Morgan fingerprint density at radius 3 is 2.33 bits per heavy atom. The van der Waals surface area contributed by atoms with Gasteiger partial charge < -0.3 is 5.32 Å². The van der Waals surface area contributed by atoms with Gasteiger partial charge in [-0.05, 0) is 49.4 Å². The molecule has 0 bridgehead atoms. The van der Waals surface area contributed by atoms with Gasteiger partial charge in [0.2, 0.25) is 0 Å². The lowest BCUT2D eigenvalue weighted by atomic mass is 9.82. The molecule has 1 aromatic carbocycles. The molecule has 2 rings (SSSR count). The molecule has 1 N–H and O–H groups in total. The Labute approximate surface area is 110 Å². The molecule has 1 fully saturated rings. The first kappa shape index (κ1) is 13.4. The zero-order valence-corrected chi connectivity index (χ0v) is 11.8. The molecular formula is C14H21NO2S. The highest BCUT2D eigenvalue weighted by atomic mass is 32.2. The van der Waals surface area contributed by atoms with Crippen LogP contribution in [0.5, 0.6) is 0 Å². The van der Waals surface area contributed by atoms with Gasteiger partial charge in [-0.15, -0.1) is 0 Å². The Balaban J connectivity index is 2.01. The third-order valence-electron chi connectivity index (χ3n) is 3.43. The number of anilines is 1. The quantitative estimate of drug-likeness (QED) is 0.891. The summed E-state index contributed by atoms with van der Waals surface area (Å²) in [7, 11) is -3.08. The molecule has 3 nitrogen and oxygen atoms in total. The molecule has 0 aliphatic heterocycles. The predicted octanol–water partition coefficient (Wildman–Crippen LogP) is 3.08. The van der Waals surface area contributed by atoms with Crippen LogP contribution < -0.4 is 5.32 Å². The first-order chi connectivity index (χ1) is 8.51. The summed E-state index contributed by atoms with van der Waals surface area (Å²) < 4.78 is 23.7. The van der Waals surface area contributed by atoms with Crippen LogP contribution >= 0.6 is 0 Å². The van der Waals surface area contributed by atoms with Crippen molar-refractivity contribution >= 4 is 15.5 Å². The second-order valence-electron chi connectivity index (χ2n) is 5.26. The maximum absolute atomic E-state index is 11.9. The van der Waals surface area contributed by atoms with Crippen molar-refractivity contribution < 1.29 is 8.42 Å². The summed E-state index contributed by atoms with van der Waals surface area (Å²) in [6, 6.07) is 7.69. The highest BCUT2D eigenvalue weighted by Crippen LogP contribution is 2.29. The molecule has 1 saturated carbocycles. The third kappa shape index (κ3) is 3.05. The van der Waals surface area contributed by atoms with E-state index in [-0.39, 0.29) is 5.75 Å². The molecule has 0 unspecified atom stereocenters. The normalized spacial score (nSPS) is 23.4. The second-order valence-corrected chi connectivity index (χ2v) is 7.37. The third-order valence-corrected chi connectivity index (χ3v) is 5.37. The summed E-state index contributed by atoms with van der Waals surface area (Å²) in [5.41, 5.74) is 1.02. The molecule has 100 valence electrons. The Morgan fingerprint density at radius 1 is 1.22 bits per heavy atom. The number of rotatable bonds is 5. The molecule has 18 heavy (non-hydrogen) atoms. The summed E-state index contributed by atoms with van der Waals surface area (Å²) in [5.74, 6) is 1.03. The molecule has 0 saturated heterocycles. The number of hydrogen-bond donors (Lipinski definition) is 1. The maximum Gasteiger partial charge on any atom is 0.178 e. The Kier molecular flexibility index (Phi) is 3.95. The number of sulfone groups is 1. The molecule has 1 aliphatic rings. The molecule has 1 aliphatic carbocycles. The first-order valence-corrected chi connectivity index (χ1v) is 8.26. The van der Waals surface area contributed by atoms with Gasteiger partial charge in [-0.3, -0.25) is 0 Å². The van der Waals surface area contributed by atoms with E-state index in [0.29, 0.717) is 17.4 Å². The Bertz CT molecular complexity index is 487.